The summed E-state index contributed by atoms with van der Waals surface area (Å²) in [6.07, 6.45) is 0.153. The van der Waals surface area contributed by atoms with Gasteiger partial charge in [-0.1, -0.05) is 11.6 Å². The number of nitrogens with zero attached hydrogens (tertiary/aromatic N) is 1. The van der Waals surface area contributed by atoms with Crippen LogP contribution in [-0.2, 0) is 11.3 Å². The standard InChI is InChI=1S/C15H20ClNO3/c1-10-7-17(9-15(2,3)20-10)8-12-6-11(14(18)19)4-5-13(12)16/h4-6,10H,7-9H2,1-3H3,(H,18,19). The van der Waals surface area contributed by atoms with Crippen molar-refractivity contribution in [2.45, 2.75) is 39.0 Å². The molecule has 0 spiro atoms. The van der Waals surface area contributed by atoms with E-state index >= 15 is 0 Å². The van der Waals surface area contributed by atoms with E-state index in [0.717, 1.165) is 18.7 Å². The Hall–Kier alpha value is -1.10. The van der Waals surface area contributed by atoms with E-state index in [-0.39, 0.29) is 17.3 Å². The van der Waals surface area contributed by atoms with Crippen molar-refractivity contribution in [3.8, 4) is 0 Å². The van der Waals surface area contributed by atoms with Crippen LogP contribution < -0.4 is 0 Å². The number of morpholine rings is 1. The molecule has 1 unspecified atom stereocenters. The van der Waals surface area contributed by atoms with Gasteiger partial charge in [-0.2, -0.15) is 0 Å². The minimum Gasteiger partial charge on any atom is -0.478 e. The van der Waals surface area contributed by atoms with E-state index in [1.165, 1.54) is 6.07 Å². The van der Waals surface area contributed by atoms with Crippen molar-refractivity contribution in [2.75, 3.05) is 13.1 Å². The molecule has 1 saturated heterocycles. The van der Waals surface area contributed by atoms with Crippen molar-refractivity contribution in [3.05, 3.63) is 34.3 Å². The first-order valence-electron chi connectivity index (χ1n) is 6.69. The second kappa shape index (κ2) is 5.72. The average molecular weight is 298 g/mol. The fourth-order valence-electron chi connectivity index (χ4n) is 2.78. The third kappa shape index (κ3) is 3.72. The first-order valence-corrected chi connectivity index (χ1v) is 7.06. The van der Waals surface area contributed by atoms with Crippen LogP contribution in [-0.4, -0.2) is 40.8 Å². The van der Waals surface area contributed by atoms with Gasteiger partial charge in [0, 0.05) is 24.7 Å². The second-order valence-electron chi connectivity index (χ2n) is 5.97. The maximum atomic E-state index is 11.0. The van der Waals surface area contributed by atoms with Crippen LogP contribution in [0.15, 0.2) is 18.2 Å². The van der Waals surface area contributed by atoms with Gasteiger partial charge in [0.2, 0.25) is 0 Å². The number of carboxylic acid groups (broad SMARTS) is 1. The van der Waals surface area contributed by atoms with Crippen molar-refractivity contribution in [2.24, 2.45) is 0 Å². The summed E-state index contributed by atoms with van der Waals surface area (Å²) in [4.78, 5) is 13.3. The summed E-state index contributed by atoms with van der Waals surface area (Å²) in [5, 5.41) is 9.66. The molecule has 1 heterocycles. The van der Waals surface area contributed by atoms with Crippen molar-refractivity contribution in [3.63, 3.8) is 0 Å². The molecule has 0 aromatic heterocycles. The highest BCUT2D eigenvalue weighted by atomic mass is 35.5. The van der Waals surface area contributed by atoms with Crippen LogP contribution >= 0.6 is 11.6 Å². The molecule has 110 valence electrons. The molecule has 1 N–H and O–H groups in total. The van der Waals surface area contributed by atoms with E-state index in [4.69, 9.17) is 21.4 Å². The van der Waals surface area contributed by atoms with Gasteiger partial charge in [-0.15, -0.1) is 0 Å². The van der Waals surface area contributed by atoms with Gasteiger partial charge < -0.3 is 9.84 Å². The number of hydrogen-bond donors (Lipinski definition) is 1. The van der Waals surface area contributed by atoms with Crippen LogP contribution in [0.2, 0.25) is 5.02 Å². The summed E-state index contributed by atoms with van der Waals surface area (Å²) in [7, 11) is 0. The number of hydrogen-bond acceptors (Lipinski definition) is 3. The predicted molar refractivity (Wildman–Crippen MR) is 78.3 cm³/mol. The highest BCUT2D eigenvalue weighted by Gasteiger charge is 2.31. The minimum absolute atomic E-state index is 0.153. The lowest BCUT2D eigenvalue weighted by Gasteiger charge is -2.41. The van der Waals surface area contributed by atoms with Crippen molar-refractivity contribution in [1.82, 2.24) is 4.90 Å². The molecule has 1 aromatic carbocycles. The number of carbonyl (C=O) groups is 1. The first kappa shape index (κ1) is 15.3. The number of rotatable bonds is 3. The molecule has 1 atom stereocenters. The summed E-state index contributed by atoms with van der Waals surface area (Å²) in [6, 6.07) is 4.83. The molecule has 1 aromatic rings. The molecule has 2 rings (SSSR count). The van der Waals surface area contributed by atoms with Crippen molar-refractivity contribution < 1.29 is 14.6 Å². The molecule has 4 nitrogen and oxygen atoms in total. The number of benzene rings is 1. The Morgan fingerprint density at radius 2 is 2.25 bits per heavy atom. The molecule has 0 amide bonds. The largest absolute Gasteiger partial charge is 0.478 e. The molecular formula is C15H20ClNO3. The molecule has 1 aliphatic rings. The third-order valence-electron chi connectivity index (χ3n) is 3.33. The molecule has 5 heteroatoms. The average Bonchev–Trinajstić information content (AvgIpc) is 2.28. The van der Waals surface area contributed by atoms with Crippen molar-refractivity contribution in [1.29, 1.82) is 0 Å². The molecule has 1 fully saturated rings. The van der Waals surface area contributed by atoms with Gasteiger partial charge in [0.1, 0.15) is 0 Å². The monoisotopic (exact) mass is 297 g/mol. The van der Waals surface area contributed by atoms with Gasteiger partial charge in [-0.25, -0.2) is 4.79 Å². The molecule has 0 bridgehead atoms. The van der Waals surface area contributed by atoms with Crippen LogP contribution in [0.4, 0.5) is 0 Å². The maximum absolute atomic E-state index is 11.0. The minimum atomic E-state index is -0.932. The molecule has 0 aliphatic carbocycles. The fraction of sp³-hybridized carbons (Fsp3) is 0.533. The maximum Gasteiger partial charge on any atom is 0.335 e. The van der Waals surface area contributed by atoms with E-state index < -0.39 is 5.97 Å². The van der Waals surface area contributed by atoms with Crippen molar-refractivity contribution >= 4 is 17.6 Å². The van der Waals surface area contributed by atoms with Gasteiger partial charge in [0.05, 0.1) is 17.3 Å². The Kier molecular flexibility index (Phi) is 4.37. The molecule has 0 radical (unpaired) electrons. The second-order valence-corrected chi connectivity index (χ2v) is 6.38. The first-order chi connectivity index (χ1) is 9.27. The van der Waals surface area contributed by atoms with Crippen LogP contribution in [0.25, 0.3) is 0 Å². The molecule has 20 heavy (non-hydrogen) atoms. The molecule has 0 saturated carbocycles. The Morgan fingerprint density at radius 1 is 1.55 bits per heavy atom. The number of carboxylic acids is 1. The Bertz CT molecular complexity index is 516. The summed E-state index contributed by atoms with van der Waals surface area (Å²) in [5.41, 5.74) is 0.913. The van der Waals surface area contributed by atoms with Crippen LogP contribution in [0, 0.1) is 0 Å². The zero-order valence-electron chi connectivity index (χ0n) is 12.0. The number of ether oxygens (including phenoxy) is 1. The highest BCUT2D eigenvalue weighted by molar-refractivity contribution is 6.31. The third-order valence-corrected chi connectivity index (χ3v) is 3.70. The Balaban J connectivity index is 2.17. The predicted octanol–water partition coefficient (Wildman–Crippen LogP) is 3.04. The summed E-state index contributed by atoms with van der Waals surface area (Å²) in [5.74, 6) is -0.932. The highest BCUT2D eigenvalue weighted by Crippen LogP contribution is 2.25. The number of aromatic carboxylic acids is 1. The zero-order valence-corrected chi connectivity index (χ0v) is 12.8. The van der Waals surface area contributed by atoms with Gasteiger partial charge in [-0.05, 0) is 44.5 Å². The topological polar surface area (TPSA) is 49.8 Å². The summed E-state index contributed by atoms with van der Waals surface area (Å²) >= 11 is 6.18. The van der Waals surface area contributed by atoms with E-state index in [0.29, 0.717) is 11.6 Å². The molecular weight excluding hydrogens is 278 g/mol. The van der Waals surface area contributed by atoms with E-state index in [1.807, 2.05) is 6.92 Å². The SMILES string of the molecule is CC1CN(Cc2cc(C(=O)O)ccc2Cl)CC(C)(C)O1. The van der Waals surface area contributed by atoms with E-state index in [1.54, 1.807) is 12.1 Å². The summed E-state index contributed by atoms with van der Waals surface area (Å²) < 4.78 is 5.87. The zero-order chi connectivity index (χ0) is 14.9. The Morgan fingerprint density at radius 3 is 2.85 bits per heavy atom. The van der Waals surface area contributed by atoms with Gasteiger partial charge in [0.25, 0.3) is 0 Å². The van der Waals surface area contributed by atoms with Crippen LogP contribution in [0.1, 0.15) is 36.7 Å². The van der Waals surface area contributed by atoms with Gasteiger partial charge >= 0.3 is 5.97 Å². The number of halogens is 1. The van der Waals surface area contributed by atoms with Gasteiger partial charge in [-0.3, -0.25) is 4.90 Å². The lowest BCUT2D eigenvalue weighted by molar-refractivity contribution is -0.130. The van der Waals surface area contributed by atoms with E-state index in [9.17, 15) is 4.79 Å². The van der Waals surface area contributed by atoms with Gasteiger partial charge in [0.15, 0.2) is 0 Å². The fourth-order valence-corrected chi connectivity index (χ4v) is 2.95. The lowest BCUT2D eigenvalue weighted by atomic mass is 10.0. The van der Waals surface area contributed by atoms with Crippen LogP contribution in [0.5, 0.6) is 0 Å². The van der Waals surface area contributed by atoms with E-state index in [2.05, 4.69) is 18.7 Å². The quantitative estimate of drug-likeness (QED) is 0.931. The summed E-state index contributed by atoms with van der Waals surface area (Å²) in [6.45, 7) is 8.41. The Labute approximate surface area is 124 Å². The van der Waals surface area contributed by atoms with Crippen LogP contribution in [0.3, 0.4) is 0 Å². The smallest absolute Gasteiger partial charge is 0.335 e. The normalized spacial score (nSPS) is 22.7. The molecule has 1 aliphatic heterocycles. The lowest BCUT2D eigenvalue weighted by Crippen LogP contribution is -2.51.